The van der Waals surface area contributed by atoms with Crippen LogP contribution in [0.5, 0.6) is 0 Å². The largest absolute Gasteiger partial charge is 0.756 e. The molecule has 0 saturated heterocycles. The number of amides is 1. The molecule has 0 heterocycles. The number of nitrogens with zero attached hydrogens (tertiary/aromatic N) is 1. The smallest absolute Gasteiger partial charge is 0.268 e. The number of hydrogen-bond acceptors (Lipinski definition) is 6. The number of rotatable bonds is 48. The zero-order valence-electron chi connectivity index (χ0n) is 42.0. The lowest BCUT2D eigenvalue weighted by Gasteiger charge is -2.29. The number of carbonyl (C=O) groups is 1. The van der Waals surface area contributed by atoms with Crippen molar-refractivity contribution in [2.45, 2.75) is 251 Å². The van der Waals surface area contributed by atoms with E-state index in [9.17, 15) is 19.4 Å². The summed E-state index contributed by atoms with van der Waals surface area (Å²) in [6, 6.07) is -0.913. The Kier molecular flexibility index (Phi) is 44.5. The van der Waals surface area contributed by atoms with Gasteiger partial charge in [-0.05, 0) is 64.2 Å². The quantitative estimate of drug-likeness (QED) is 0.0272. The number of phosphoric acid groups is 1. The molecule has 0 aromatic heterocycles. The zero-order chi connectivity index (χ0) is 46.4. The number of hydrogen-bond donors (Lipinski definition) is 2. The van der Waals surface area contributed by atoms with Gasteiger partial charge in [0.2, 0.25) is 5.91 Å². The Hall–Kier alpha value is -1.54. The van der Waals surface area contributed by atoms with E-state index in [1.165, 1.54) is 148 Å². The number of unbranched alkanes of at least 4 members (excludes halogenated alkanes) is 29. The van der Waals surface area contributed by atoms with Crippen LogP contribution in [0.1, 0.15) is 239 Å². The molecule has 370 valence electrons. The van der Waals surface area contributed by atoms with E-state index in [4.69, 9.17) is 9.05 Å². The fourth-order valence-corrected chi connectivity index (χ4v) is 8.26. The Morgan fingerprint density at radius 2 is 0.921 bits per heavy atom. The van der Waals surface area contributed by atoms with Crippen molar-refractivity contribution in [3.8, 4) is 0 Å². The monoisotopic (exact) mass is 907 g/mol. The number of likely N-dealkylation sites (N-methyl/N-ethyl adjacent to an activating group) is 1. The normalized spacial score (nSPS) is 14.5. The fourth-order valence-electron chi connectivity index (χ4n) is 7.54. The van der Waals surface area contributed by atoms with Gasteiger partial charge in [-0.2, -0.15) is 0 Å². The van der Waals surface area contributed by atoms with E-state index < -0.39 is 26.6 Å². The van der Waals surface area contributed by atoms with Gasteiger partial charge in [-0.25, -0.2) is 0 Å². The molecular formula is C54H103N2O6P. The molecule has 0 spiro atoms. The molecule has 0 bridgehead atoms. The van der Waals surface area contributed by atoms with Crippen molar-refractivity contribution in [1.29, 1.82) is 0 Å². The number of aliphatic hydroxyl groups is 1. The lowest BCUT2D eigenvalue weighted by atomic mass is 10.0. The van der Waals surface area contributed by atoms with Crippen LogP contribution in [0.4, 0.5) is 0 Å². The van der Waals surface area contributed by atoms with E-state index in [0.717, 1.165) is 70.6 Å². The second-order valence-corrected chi connectivity index (χ2v) is 20.6. The van der Waals surface area contributed by atoms with Crippen LogP contribution in [0.2, 0.25) is 0 Å². The first kappa shape index (κ1) is 61.5. The molecule has 0 aromatic rings. The van der Waals surface area contributed by atoms with Crippen molar-refractivity contribution in [2.75, 3.05) is 40.9 Å². The molecule has 0 saturated carbocycles. The predicted molar refractivity (Wildman–Crippen MR) is 270 cm³/mol. The molecule has 0 rings (SSSR count). The van der Waals surface area contributed by atoms with Crippen molar-refractivity contribution in [3.05, 3.63) is 48.6 Å². The second kappa shape index (κ2) is 45.6. The molecule has 8 nitrogen and oxygen atoms in total. The van der Waals surface area contributed by atoms with Gasteiger partial charge in [0.05, 0.1) is 39.9 Å². The van der Waals surface area contributed by atoms with Crippen molar-refractivity contribution in [2.24, 2.45) is 0 Å². The molecule has 0 aromatic carbocycles. The first-order valence-electron chi connectivity index (χ1n) is 26.5. The van der Waals surface area contributed by atoms with Gasteiger partial charge in [0.25, 0.3) is 7.82 Å². The highest BCUT2D eigenvalue weighted by molar-refractivity contribution is 7.45. The maximum atomic E-state index is 12.8. The number of aliphatic hydroxyl groups excluding tert-OH is 1. The van der Waals surface area contributed by atoms with Crippen LogP contribution in [-0.2, 0) is 18.4 Å². The molecule has 2 N–H and O–H groups in total. The molecule has 63 heavy (non-hydrogen) atoms. The average molecular weight is 907 g/mol. The van der Waals surface area contributed by atoms with Crippen LogP contribution in [0.15, 0.2) is 48.6 Å². The van der Waals surface area contributed by atoms with Gasteiger partial charge in [0.15, 0.2) is 0 Å². The Labute approximate surface area is 390 Å². The molecule has 0 aliphatic rings. The number of allylic oxidation sites excluding steroid dienone is 7. The SMILES string of the molecule is CCC/C=C\CCCCCCCC(=O)NC(COP(=O)([O-])OCC[N+](C)(C)C)C(O)/C=C/CC/C=C/CC/C=C/CCCCCCCCCCCCCCCCCCCCCCC. The van der Waals surface area contributed by atoms with E-state index in [0.29, 0.717) is 17.4 Å². The number of carbonyl (C=O) groups excluding carboxylic acids is 1. The Bertz CT molecular complexity index is 1170. The lowest BCUT2D eigenvalue weighted by Crippen LogP contribution is -2.45. The molecule has 0 aliphatic carbocycles. The van der Waals surface area contributed by atoms with Gasteiger partial charge >= 0.3 is 0 Å². The fraction of sp³-hybridized carbons (Fsp3) is 0.833. The third-order valence-corrected chi connectivity index (χ3v) is 12.7. The first-order valence-corrected chi connectivity index (χ1v) is 28.0. The molecule has 0 aliphatic heterocycles. The van der Waals surface area contributed by atoms with Crippen LogP contribution >= 0.6 is 7.82 Å². The van der Waals surface area contributed by atoms with Gasteiger partial charge in [-0.1, -0.05) is 217 Å². The van der Waals surface area contributed by atoms with Crippen LogP contribution in [-0.4, -0.2) is 68.5 Å². The summed E-state index contributed by atoms with van der Waals surface area (Å²) in [5.74, 6) is -0.224. The maximum Gasteiger partial charge on any atom is 0.268 e. The van der Waals surface area contributed by atoms with Gasteiger partial charge in [-0.3, -0.25) is 9.36 Å². The van der Waals surface area contributed by atoms with E-state index >= 15 is 0 Å². The van der Waals surface area contributed by atoms with Gasteiger partial charge in [0, 0.05) is 6.42 Å². The lowest BCUT2D eigenvalue weighted by molar-refractivity contribution is -0.870. The Morgan fingerprint density at radius 1 is 0.540 bits per heavy atom. The summed E-state index contributed by atoms with van der Waals surface area (Å²) in [6.07, 6.45) is 59.3. The number of nitrogens with one attached hydrogen (secondary N) is 1. The summed E-state index contributed by atoms with van der Waals surface area (Å²) < 4.78 is 23.2. The summed E-state index contributed by atoms with van der Waals surface area (Å²) >= 11 is 0. The molecule has 9 heteroatoms. The first-order chi connectivity index (χ1) is 30.5. The topological polar surface area (TPSA) is 108 Å². The standard InChI is InChI=1S/C54H103N2O6P/c1-6-8-10-12-14-16-18-19-20-21-22-23-24-25-26-27-28-29-30-31-32-33-34-35-36-37-38-39-41-43-45-47-53(57)52(51-62-63(59,60)61-50-49-56(3,4)5)55-54(58)48-46-44-42-40-17-15-13-11-9-7-2/h11,13,34-35,38-39,45,47,52-53,57H,6-10,12,14-33,36-37,40-44,46,48-51H2,1-5H3,(H-,55,58,59,60)/b13-11-,35-34+,39-38+,47-45+. The zero-order valence-corrected chi connectivity index (χ0v) is 42.9. The van der Waals surface area contributed by atoms with Crippen LogP contribution in [0.3, 0.4) is 0 Å². The summed E-state index contributed by atoms with van der Waals surface area (Å²) in [6.45, 7) is 4.55. The van der Waals surface area contributed by atoms with Crippen LogP contribution < -0.4 is 10.2 Å². The average Bonchev–Trinajstić information content (AvgIpc) is 3.24. The highest BCUT2D eigenvalue weighted by atomic mass is 31.2. The molecule has 3 atom stereocenters. The Morgan fingerprint density at radius 3 is 1.35 bits per heavy atom. The molecule has 1 amide bonds. The van der Waals surface area contributed by atoms with E-state index in [1.807, 2.05) is 27.2 Å². The van der Waals surface area contributed by atoms with E-state index in [-0.39, 0.29) is 12.5 Å². The third-order valence-electron chi connectivity index (χ3n) is 11.7. The minimum Gasteiger partial charge on any atom is -0.756 e. The molecular weight excluding hydrogens is 804 g/mol. The van der Waals surface area contributed by atoms with Gasteiger partial charge < -0.3 is 28.8 Å². The predicted octanol–water partition coefficient (Wildman–Crippen LogP) is 15.0. The molecule has 3 unspecified atom stereocenters. The minimum absolute atomic E-state index is 0.0116. The number of phosphoric ester groups is 1. The number of quaternary nitrogens is 1. The van der Waals surface area contributed by atoms with Crippen LogP contribution in [0, 0.1) is 0 Å². The highest BCUT2D eigenvalue weighted by Crippen LogP contribution is 2.38. The molecule has 0 fully saturated rings. The van der Waals surface area contributed by atoms with Crippen molar-refractivity contribution in [3.63, 3.8) is 0 Å². The van der Waals surface area contributed by atoms with Crippen LogP contribution in [0.25, 0.3) is 0 Å². The summed E-state index contributed by atoms with van der Waals surface area (Å²) in [7, 11) is 1.23. The van der Waals surface area contributed by atoms with Crippen molar-refractivity contribution < 1.29 is 32.9 Å². The van der Waals surface area contributed by atoms with Crippen molar-refractivity contribution >= 4 is 13.7 Å². The summed E-state index contributed by atoms with van der Waals surface area (Å²) in [4.78, 5) is 25.3. The van der Waals surface area contributed by atoms with Gasteiger partial charge in [0.1, 0.15) is 13.2 Å². The molecule has 0 radical (unpaired) electrons. The van der Waals surface area contributed by atoms with E-state index in [2.05, 4.69) is 55.6 Å². The Balaban J connectivity index is 4.15. The minimum atomic E-state index is -4.60. The highest BCUT2D eigenvalue weighted by Gasteiger charge is 2.23. The van der Waals surface area contributed by atoms with E-state index in [1.54, 1.807) is 6.08 Å². The maximum absolute atomic E-state index is 12.8. The second-order valence-electron chi connectivity index (χ2n) is 19.2. The van der Waals surface area contributed by atoms with Gasteiger partial charge in [-0.15, -0.1) is 0 Å². The van der Waals surface area contributed by atoms with Crippen molar-refractivity contribution in [1.82, 2.24) is 5.32 Å². The third kappa shape index (κ3) is 48.2. The summed E-state index contributed by atoms with van der Waals surface area (Å²) in [5.41, 5.74) is 0. The summed E-state index contributed by atoms with van der Waals surface area (Å²) in [5, 5.41) is 13.8.